The molecule has 1 amide bonds. The molecular formula is C21H22N2O4. The van der Waals surface area contributed by atoms with Gasteiger partial charge in [0.15, 0.2) is 0 Å². The van der Waals surface area contributed by atoms with Gasteiger partial charge in [-0.05, 0) is 29.2 Å². The molecule has 2 N–H and O–H groups in total. The minimum atomic E-state index is -0.852. The van der Waals surface area contributed by atoms with Crippen LogP contribution < -0.4 is 5.32 Å². The van der Waals surface area contributed by atoms with Gasteiger partial charge >= 0.3 is 12.1 Å². The molecule has 0 spiro atoms. The zero-order chi connectivity index (χ0) is 19.0. The van der Waals surface area contributed by atoms with E-state index in [4.69, 9.17) is 9.84 Å². The normalized spacial score (nSPS) is 17.5. The first-order valence-electron chi connectivity index (χ1n) is 9.13. The zero-order valence-electron chi connectivity index (χ0n) is 15.1. The van der Waals surface area contributed by atoms with Gasteiger partial charge < -0.3 is 15.2 Å². The lowest BCUT2D eigenvalue weighted by Crippen LogP contribution is -2.63. The minimum absolute atomic E-state index is 0.0353. The smallest absolute Gasteiger partial charge is 0.407 e. The molecule has 2 aromatic carbocycles. The van der Waals surface area contributed by atoms with Gasteiger partial charge in [0.2, 0.25) is 0 Å². The van der Waals surface area contributed by atoms with Gasteiger partial charge in [-0.3, -0.25) is 9.69 Å². The van der Waals surface area contributed by atoms with Gasteiger partial charge in [0, 0.05) is 19.0 Å². The average Bonchev–Trinajstić information content (AvgIpc) is 2.96. The van der Waals surface area contributed by atoms with Crippen molar-refractivity contribution < 1.29 is 19.4 Å². The molecule has 1 atom stereocenters. The number of carbonyl (C=O) groups excluding carboxylic acids is 1. The Hall–Kier alpha value is -2.86. The summed E-state index contributed by atoms with van der Waals surface area (Å²) in [4.78, 5) is 24.9. The Balaban J connectivity index is 1.34. The van der Waals surface area contributed by atoms with Crippen LogP contribution in [0.5, 0.6) is 0 Å². The Bertz CT molecular complexity index is 830. The maximum atomic E-state index is 12.2. The van der Waals surface area contributed by atoms with E-state index < -0.39 is 18.1 Å². The maximum Gasteiger partial charge on any atom is 0.407 e. The molecule has 0 bridgehead atoms. The van der Waals surface area contributed by atoms with Crippen molar-refractivity contribution in [3.8, 4) is 11.1 Å². The number of carboxylic acid groups (broad SMARTS) is 1. The molecule has 27 heavy (non-hydrogen) atoms. The Morgan fingerprint density at radius 1 is 1.11 bits per heavy atom. The van der Waals surface area contributed by atoms with Crippen molar-refractivity contribution in [3.63, 3.8) is 0 Å². The SMILES string of the molecule is CC(C(=O)O)N1CC(NC(=O)OCC2c3ccccc3-c3ccccc32)C1. The number of benzene rings is 2. The molecule has 0 saturated carbocycles. The van der Waals surface area contributed by atoms with E-state index in [2.05, 4.69) is 29.6 Å². The van der Waals surface area contributed by atoms with Crippen molar-refractivity contribution >= 4 is 12.1 Å². The molecule has 6 nitrogen and oxygen atoms in total. The molecule has 6 heteroatoms. The molecule has 4 rings (SSSR count). The van der Waals surface area contributed by atoms with Gasteiger partial charge in [-0.2, -0.15) is 0 Å². The molecule has 1 heterocycles. The predicted molar refractivity (Wildman–Crippen MR) is 101 cm³/mol. The van der Waals surface area contributed by atoms with Gasteiger partial charge in [-0.1, -0.05) is 48.5 Å². The third-order valence-corrected chi connectivity index (χ3v) is 5.48. The molecule has 2 aromatic rings. The van der Waals surface area contributed by atoms with Crippen molar-refractivity contribution in [1.29, 1.82) is 0 Å². The highest BCUT2D eigenvalue weighted by molar-refractivity contribution is 5.79. The number of hydrogen-bond donors (Lipinski definition) is 2. The van der Waals surface area contributed by atoms with Crippen molar-refractivity contribution in [2.75, 3.05) is 19.7 Å². The fraction of sp³-hybridized carbons (Fsp3) is 0.333. The van der Waals surface area contributed by atoms with Gasteiger partial charge in [-0.25, -0.2) is 4.79 Å². The maximum absolute atomic E-state index is 12.2. The average molecular weight is 366 g/mol. The molecule has 0 aromatic heterocycles. The van der Waals surface area contributed by atoms with Gasteiger partial charge in [0.25, 0.3) is 0 Å². The second-order valence-corrected chi connectivity index (χ2v) is 7.13. The topological polar surface area (TPSA) is 78.9 Å². The first kappa shape index (κ1) is 17.5. The Morgan fingerprint density at radius 2 is 1.67 bits per heavy atom. The van der Waals surface area contributed by atoms with Gasteiger partial charge in [-0.15, -0.1) is 0 Å². The summed E-state index contributed by atoms with van der Waals surface area (Å²) in [7, 11) is 0. The second-order valence-electron chi connectivity index (χ2n) is 7.13. The first-order chi connectivity index (χ1) is 13.0. The van der Waals surface area contributed by atoms with Crippen LogP contribution in [0.2, 0.25) is 0 Å². The van der Waals surface area contributed by atoms with Gasteiger partial charge in [0.1, 0.15) is 12.6 Å². The number of likely N-dealkylation sites (tertiary alicyclic amines) is 1. The van der Waals surface area contributed by atoms with Gasteiger partial charge in [0.05, 0.1) is 6.04 Å². The largest absolute Gasteiger partial charge is 0.480 e. The number of aliphatic carboxylic acids is 1. The fourth-order valence-corrected chi connectivity index (χ4v) is 3.88. The number of rotatable bonds is 5. The molecule has 1 unspecified atom stereocenters. The summed E-state index contributed by atoms with van der Waals surface area (Å²) in [5.74, 6) is -0.817. The van der Waals surface area contributed by atoms with Crippen molar-refractivity contribution in [2.45, 2.75) is 24.9 Å². The summed E-state index contributed by atoms with van der Waals surface area (Å²) >= 11 is 0. The van der Waals surface area contributed by atoms with Crippen LogP contribution in [0.1, 0.15) is 24.0 Å². The van der Waals surface area contributed by atoms with E-state index in [9.17, 15) is 9.59 Å². The summed E-state index contributed by atoms with van der Waals surface area (Å²) in [6.45, 7) is 2.98. The fourth-order valence-electron chi connectivity index (χ4n) is 3.88. The summed E-state index contributed by atoms with van der Waals surface area (Å²) in [6, 6.07) is 15.8. The predicted octanol–water partition coefficient (Wildman–Crippen LogP) is 2.68. The second kappa shape index (κ2) is 7.04. The van der Waals surface area contributed by atoms with Crippen molar-refractivity contribution in [1.82, 2.24) is 10.2 Å². The molecule has 1 fully saturated rings. The monoisotopic (exact) mass is 366 g/mol. The Morgan fingerprint density at radius 3 is 2.22 bits per heavy atom. The van der Waals surface area contributed by atoms with Crippen LogP contribution in [0, 0.1) is 0 Å². The van der Waals surface area contributed by atoms with E-state index in [1.54, 1.807) is 11.8 Å². The highest BCUT2D eigenvalue weighted by Crippen LogP contribution is 2.44. The minimum Gasteiger partial charge on any atom is -0.480 e. The molecule has 140 valence electrons. The summed E-state index contributed by atoms with van der Waals surface area (Å²) in [6.07, 6.45) is -0.454. The molecule has 2 aliphatic rings. The van der Waals surface area contributed by atoms with Crippen molar-refractivity contribution in [2.24, 2.45) is 0 Å². The highest BCUT2D eigenvalue weighted by atomic mass is 16.5. The number of nitrogens with zero attached hydrogens (tertiary/aromatic N) is 1. The van der Waals surface area contributed by atoms with E-state index >= 15 is 0 Å². The first-order valence-corrected chi connectivity index (χ1v) is 9.13. The molecule has 1 aliphatic carbocycles. The third kappa shape index (κ3) is 3.28. The number of hydrogen-bond acceptors (Lipinski definition) is 4. The Labute approximate surface area is 157 Å². The zero-order valence-corrected chi connectivity index (χ0v) is 15.1. The van der Waals surface area contributed by atoms with Crippen LogP contribution in [0.4, 0.5) is 4.79 Å². The Kier molecular flexibility index (Phi) is 4.58. The van der Waals surface area contributed by atoms with E-state index in [0.717, 1.165) is 0 Å². The van der Waals surface area contributed by atoms with Crippen LogP contribution >= 0.6 is 0 Å². The quantitative estimate of drug-likeness (QED) is 0.851. The lowest BCUT2D eigenvalue weighted by Gasteiger charge is -2.41. The molecule has 1 aliphatic heterocycles. The molecule has 0 radical (unpaired) electrons. The van der Waals surface area contributed by atoms with Crippen molar-refractivity contribution in [3.05, 3.63) is 59.7 Å². The number of nitrogens with one attached hydrogen (secondary N) is 1. The third-order valence-electron chi connectivity index (χ3n) is 5.48. The number of fused-ring (bicyclic) bond motifs is 3. The van der Waals surface area contributed by atoms with Crippen LogP contribution in [-0.2, 0) is 9.53 Å². The number of carbonyl (C=O) groups is 2. The molecular weight excluding hydrogens is 344 g/mol. The van der Waals surface area contributed by atoms with Crippen LogP contribution in [0.15, 0.2) is 48.5 Å². The summed E-state index contributed by atoms with van der Waals surface area (Å²) in [5.41, 5.74) is 4.74. The van der Waals surface area contributed by atoms with E-state index in [0.29, 0.717) is 13.1 Å². The van der Waals surface area contributed by atoms with E-state index in [1.165, 1.54) is 22.3 Å². The number of carboxylic acids is 1. The molecule has 1 saturated heterocycles. The van der Waals surface area contributed by atoms with E-state index in [1.807, 2.05) is 24.3 Å². The van der Waals surface area contributed by atoms with Crippen LogP contribution in [0.3, 0.4) is 0 Å². The van der Waals surface area contributed by atoms with E-state index in [-0.39, 0.29) is 18.6 Å². The van der Waals surface area contributed by atoms with Crippen LogP contribution in [0.25, 0.3) is 11.1 Å². The lowest BCUT2D eigenvalue weighted by atomic mass is 9.98. The van der Waals surface area contributed by atoms with Crippen LogP contribution in [-0.4, -0.2) is 53.8 Å². The number of amides is 1. The lowest BCUT2D eigenvalue weighted by molar-refractivity contribution is -0.144. The summed E-state index contributed by atoms with van der Waals surface area (Å²) in [5, 5.41) is 11.8. The number of ether oxygens (including phenoxy) is 1. The standard InChI is InChI=1S/C21H22N2O4/c1-13(20(24)25)23-10-14(11-23)22-21(26)27-12-19-17-8-4-2-6-15(17)16-7-3-5-9-18(16)19/h2-9,13-14,19H,10-12H2,1H3,(H,22,26)(H,24,25). The summed E-state index contributed by atoms with van der Waals surface area (Å²) < 4.78 is 5.50. The number of alkyl carbamates (subject to hydrolysis) is 1. The highest BCUT2D eigenvalue weighted by Gasteiger charge is 2.35.